The number of hydrogen-bond donors (Lipinski definition) is 0. The van der Waals surface area contributed by atoms with E-state index in [1.54, 1.807) is 0 Å². The predicted molar refractivity (Wildman–Crippen MR) is 115 cm³/mol. The van der Waals surface area contributed by atoms with Gasteiger partial charge in [-0.15, -0.1) is 0 Å². The van der Waals surface area contributed by atoms with Crippen LogP contribution in [0.15, 0.2) is 23.7 Å². The van der Waals surface area contributed by atoms with Crippen LogP contribution in [0.5, 0.6) is 0 Å². The van der Waals surface area contributed by atoms with E-state index in [1.807, 2.05) is 6.26 Å². The summed E-state index contributed by atoms with van der Waals surface area (Å²) in [5.74, 6) is 0.455. The summed E-state index contributed by atoms with van der Waals surface area (Å²) in [5, 5.41) is 0. The molecule has 0 radical (unpaired) electrons. The van der Waals surface area contributed by atoms with E-state index in [2.05, 4.69) is 47.8 Å². The lowest BCUT2D eigenvalue weighted by Crippen LogP contribution is -2.26. The smallest absolute Gasteiger partial charge is 0.104 e. The summed E-state index contributed by atoms with van der Waals surface area (Å²) in [6.45, 7) is 14.2. The second kappa shape index (κ2) is 17.5. The Hall–Kier alpha value is -0.920. The number of ether oxygens (including phenoxy) is 2. The van der Waals surface area contributed by atoms with E-state index in [1.165, 1.54) is 49.7 Å². The molecule has 0 aromatic heterocycles. The van der Waals surface area contributed by atoms with Crippen molar-refractivity contribution in [1.82, 2.24) is 0 Å². The summed E-state index contributed by atoms with van der Waals surface area (Å²) in [6.07, 6.45) is 17.2. The lowest BCUT2D eigenvalue weighted by Gasteiger charge is -2.26. The normalized spacial score (nSPS) is 15.0. The van der Waals surface area contributed by atoms with Gasteiger partial charge in [-0.05, 0) is 62.5 Å². The van der Waals surface area contributed by atoms with Crippen molar-refractivity contribution in [1.29, 1.82) is 0 Å². The number of allylic oxidation sites excluding steroid dienone is 2. The van der Waals surface area contributed by atoms with Crippen LogP contribution < -0.4 is 0 Å². The molecule has 0 heterocycles. The van der Waals surface area contributed by atoms with E-state index in [4.69, 9.17) is 9.47 Å². The Labute approximate surface area is 164 Å². The van der Waals surface area contributed by atoms with Crippen LogP contribution in [0.25, 0.3) is 0 Å². The summed E-state index contributed by atoms with van der Waals surface area (Å²) in [6, 6.07) is 0. The Balaban J connectivity index is 4.73. The lowest BCUT2D eigenvalue weighted by atomic mass is 9.96. The number of hydrogen-bond acceptors (Lipinski definition) is 2. The Morgan fingerprint density at radius 1 is 0.769 bits per heavy atom. The second-order valence-corrected chi connectivity index (χ2v) is 7.43. The van der Waals surface area contributed by atoms with Gasteiger partial charge in [-0.25, -0.2) is 0 Å². The van der Waals surface area contributed by atoms with Crippen molar-refractivity contribution in [3.05, 3.63) is 23.7 Å². The molecule has 154 valence electrons. The first-order valence-corrected chi connectivity index (χ1v) is 11.3. The topological polar surface area (TPSA) is 18.5 Å². The minimum atomic E-state index is 0.266. The molecule has 2 heteroatoms. The van der Waals surface area contributed by atoms with Crippen molar-refractivity contribution >= 4 is 0 Å². The van der Waals surface area contributed by atoms with Gasteiger partial charge < -0.3 is 9.47 Å². The largest absolute Gasteiger partial charge is 0.501 e. The van der Waals surface area contributed by atoms with Gasteiger partial charge in [0.05, 0.1) is 19.1 Å². The van der Waals surface area contributed by atoms with Gasteiger partial charge in [0.15, 0.2) is 0 Å². The molecule has 2 unspecified atom stereocenters. The molecule has 0 aliphatic carbocycles. The minimum absolute atomic E-state index is 0.266. The first-order valence-electron chi connectivity index (χ1n) is 11.3. The maximum Gasteiger partial charge on any atom is 0.104 e. The fraction of sp³-hybridized carbons (Fsp3) is 0.833. The zero-order chi connectivity index (χ0) is 19.6. The van der Waals surface area contributed by atoms with E-state index < -0.39 is 0 Å². The van der Waals surface area contributed by atoms with Gasteiger partial charge in [0.2, 0.25) is 0 Å². The molecule has 0 fully saturated rings. The molecule has 0 aromatic carbocycles. The summed E-state index contributed by atoms with van der Waals surface area (Å²) in [4.78, 5) is 0. The first-order chi connectivity index (χ1) is 12.7. The molecule has 0 amide bonds. The monoisotopic (exact) mass is 366 g/mol. The lowest BCUT2D eigenvalue weighted by molar-refractivity contribution is 0.0372. The van der Waals surface area contributed by atoms with Crippen molar-refractivity contribution in [3.63, 3.8) is 0 Å². The Morgan fingerprint density at radius 2 is 1.35 bits per heavy atom. The van der Waals surface area contributed by atoms with Gasteiger partial charge in [-0.3, -0.25) is 0 Å². The first kappa shape index (κ1) is 25.1. The third kappa shape index (κ3) is 11.6. The van der Waals surface area contributed by atoms with Crippen LogP contribution in [0.1, 0.15) is 112 Å². The zero-order valence-corrected chi connectivity index (χ0v) is 18.6. The fourth-order valence-corrected chi connectivity index (χ4v) is 3.11. The molecule has 0 aromatic rings. The number of unbranched alkanes of at least 4 members (excludes halogenated alkanes) is 2. The highest BCUT2D eigenvalue weighted by atomic mass is 16.5. The van der Waals surface area contributed by atoms with Gasteiger partial charge in [-0.2, -0.15) is 0 Å². The van der Waals surface area contributed by atoms with Crippen molar-refractivity contribution in [2.24, 2.45) is 5.92 Å². The van der Waals surface area contributed by atoms with E-state index >= 15 is 0 Å². The zero-order valence-electron chi connectivity index (χ0n) is 18.6. The highest BCUT2D eigenvalue weighted by molar-refractivity contribution is 4.98. The standard InChI is InChI=1S/C24H46O2/c1-7-13-16-21(10-4)18-25-20-23(12-6)24(15-9-3)26-19-22(11-5)17-14-8-2/h18-19,23-24H,7-17,20H2,1-6H3. The molecule has 2 nitrogen and oxygen atoms in total. The quantitative estimate of drug-likeness (QED) is 0.242. The van der Waals surface area contributed by atoms with E-state index in [9.17, 15) is 0 Å². The van der Waals surface area contributed by atoms with Crippen LogP contribution in [0, 0.1) is 5.92 Å². The van der Waals surface area contributed by atoms with Gasteiger partial charge in [0.1, 0.15) is 6.10 Å². The van der Waals surface area contributed by atoms with Gasteiger partial charge in [0.25, 0.3) is 0 Å². The van der Waals surface area contributed by atoms with Gasteiger partial charge >= 0.3 is 0 Å². The Bertz CT molecular complexity index is 370. The van der Waals surface area contributed by atoms with Crippen LogP contribution in [0.4, 0.5) is 0 Å². The fourth-order valence-electron chi connectivity index (χ4n) is 3.11. The highest BCUT2D eigenvalue weighted by Crippen LogP contribution is 2.21. The van der Waals surface area contributed by atoms with E-state index in [0.29, 0.717) is 5.92 Å². The van der Waals surface area contributed by atoms with Crippen molar-refractivity contribution in [3.8, 4) is 0 Å². The van der Waals surface area contributed by atoms with Gasteiger partial charge in [0, 0.05) is 5.92 Å². The predicted octanol–water partition coefficient (Wildman–Crippen LogP) is 8.18. The average Bonchev–Trinajstić information content (AvgIpc) is 2.67. The third-order valence-electron chi connectivity index (χ3n) is 5.20. The maximum absolute atomic E-state index is 6.27. The van der Waals surface area contributed by atoms with Crippen LogP contribution in [0.2, 0.25) is 0 Å². The summed E-state index contributed by atoms with van der Waals surface area (Å²) in [5.41, 5.74) is 2.87. The SMILES string of the molecule is CCCCC(=COCC(CC)C(CCC)OC=C(CC)CCCC)CC. The molecule has 0 spiro atoms. The molecule has 0 aliphatic rings. The van der Waals surface area contributed by atoms with Crippen molar-refractivity contribution < 1.29 is 9.47 Å². The van der Waals surface area contributed by atoms with E-state index in [-0.39, 0.29) is 6.10 Å². The third-order valence-corrected chi connectivity index (χ3v) is 5.20. The molecule has 0 aliphatic heterocycles. The minimum Gasteiger partial charge on any atom is -0.501 e. The molecule has 0 N–H and O–H groups in total. The summed E-state index contributed by atoms with van der Waals surface area (Å²) in [7, 11) is 0. The van der Waals surface area contributed by atoms with Crippen molar-refractivity contribution in [2.45, 2.75) is 118 Å². The van der Waals surface area contributed by atoms with Crippen molar-refractivity contribution in [2.75, 3.05) is 6.61 Å². The Kier molecular flexibility index (Phi) is 16.9. The molecular formula is C24H46O2. The Morgan fingerprint density at radius 3 is 1.81 bits per heavy atom. The molecule has 0 rings (SSSR count). The van der Waals surface area contributed by atoms with Crippen LogP contribution in [-0.2, 0) is 9.47 Å². The maximum atomic E-state index is 6.27. The molecule has 26 heavy (non-hydrogen) atoms. The molecule has 0 saturated carbocycles. The molecule has 0 bridgehead atoms. The van der Waals surface area contributed by atoms with Crippen LogP contribution >= 0.6 is 0 Å². The van der Waals surface area contributed by atoms with Crippen LogP contribution in [-0.4, -0.2) is 12.7 Å². The second-order valence-electron chi connectivity index (χ2n) is 7.43. The summed E-state index contributed by atoms with van der Waals surface area (Å²) >= 11 is 0. The molecular weight excluding hydrogens is 320 g/mol. The average molecular weight is 367 g/mol. The van der Waals surface area contributed by atoms with Crippen LogP contribution in [0.3, 0.4) is 0 Å². The van der Waals surface area contributed by atoms with Gasteiger partial charge in [-0.1, -0.05) is 60.8 Å². The van der Waals surface area contributed by atoms with E-state index in [0.717, 1.165) is 38.7 Å². The molecule has 0 saturated heterocycles. The highest BCUT2D eigenvalue weighted by Gasteiger charge is 2.20. The summed E-state index contributed by atoms with van der Waals surface area (Å²) < 4.78 is 12.3. The number of rotatable bonds is 17. The molecule has 2 atom stereocenters.